The van der Waals surface area contributed by atoms with Crippen molar-refractivity contribution in [3.63, 3.8) is 0 Å². The van der Waals surface area contributed by atoms with Gasteiger partial charge >= 0.3 is 5.97 Å². The molecule has 0 spiro atoms. The Morgan fingerprint density at radius 1 is 0.900 bits per heavy atom. The lowest BCUT2D eigenvalue weighted by molar-refractivity contribution is -0.135. The summed E-state index contributed by atoms with van der Waals surface area (Å²) in [6.45, 7) is 1.45. The van der Waals surface area contributed by atoms with Crippen molar-refractivity contribution >= 4 is 26.9 Å². The van der Waals surface area contributed by atoms with Crippen LogP contribution in [0.25, 0.3) is 22.0 Å². The lowest BCUT2D eigenvalue weighted by atomic mass is 10.1. The van der Waals surface area contributed by atoms with E-state index in [0.29, 0.717) is 5.75 Å². The zero-order valence-electron chi connectivity index (χ0n) is 16.2. The third-order valence-electron chi connectivity index (χ3n) is 4.72. The van der Waals surface area contributed by atoms with E-state index in [0.717, 1.165) is 22.0 Å². The first kappa shape index (κ1) is 19.9. The van der Waals surface area contributed by atoms with Gasteiger partial charge in [0.1, 0.15) is 6.04 Å². The number of aromatic nitrogens is 1. The van der Waals surface area contributed by atoms with E-state index in [1.165, 1.54) is 19.1 Å². The maximum absolute atomic E-state index is 12.7. The van der Waals surface area contributed by atoms with Gasteiger partial charge in [-0.05, 0) is 42.3 Å². The summed E-state index contributed by atoms with van der Waals surface area (Å²) in [6, 6.07) is 22.5. The number of rotatable bonds is 6. The molecule has 0 saturated heterocycles. The van der Waals surface area contributed by atoms with Crippen molar-refractivity contribution in [1.82, 2.24) is 9.71 Å². The summed E-state index contributed by atoms with van der Waals surface area (Å²) >= 11 is 0. The van der Waals surface area contributed by atoms with Gasteiger partial charge in [-0.2, -0.15) is 4.72 Å². The van der Waals surface area contributed by atoms with E-state index in [1.54, 1.807) is 18.3 Å². The van der Waals surface area contributed by atoms with Crippen molar-refractivity contribution in [2.45, 2.75) is 17.9 Å². The van der Waals surface area contributed by atoms with Gasteiger partial charge < -0.3 is 9.72 Å². The zero-order chi connectivity index (χ0) is 21.1. The summed E-state index contributed by atoms with van der Waals surface area (Å²) in [4.78, 5) is 15.5. The number of ether oxygens (including phenoxy) is 1. The monoisotopic (exact) mass is 420 g/mol. The van der Waals surface area contributed by atoms with Crippen molar-refractivity contribution in [3.8, 4) is 16.9 Å². The molecule has 0 aliphatic heterocycles. The van der Waals surface area contributed by atoms with Crippen LogP contribution in [-0.2, 0) is 14.8 Å². The molecule has 30 heavy (non-hydrogen) atoms. The first-order chi connectivity index (χ1) is 14.4. The number of para-hydroxylation sites is 1. The van der Waals surface area contributed by atoms with Gasteiger partial charge in [0.15, 0.2) is 5.75 Å². The van der Waals surface area contributed by atoms with Gasteiger partial charge in [-0.15, -0.1) is 0 Å². The molecule has 0 fully saturated rings. The number of aromatic amines is 1. The lowest BCUT2D eigenvalue weighted by Crippen LogP contribution is -2.40. The largest absolute Gasteiger partial charge is 0.423 e. The van der Waals surface area contributed by atoms with Crippen molar-refractivity contribution < 1.29 is 17.9 Å². The quantitative estimate of drug-likeness (QED) is 0.460. The number of nitrogens with one attached hydrogen (secondary N) is 2. The average molecular weight is 420 g/mol. The summed E-state index contributed by atoms with van der Waals surface area (Å²) in [5, 5.41) is 0.748. The highest BCUT2D eigenvalue weighted by molar-refractivity contribution is 7.89. The van der Waals surface area contributed by atoms with Gasteiger partial charge in [0.05, 0.1) is 4.90 Å². The molecule has 7 heteroatoms. The minimum absolute atomic E-state index is 0.0777. The number of hydrogen-bond donors (Lipinski definition) is 2. The summed E-state index contributed by atoms with van der Waals surface area (Å²) < 4.78 is 33.1. The van der Waals surface area contributed by atoms with Crippen LogP contribution < -0.4 is 9.46 Å². The maximum atomic E-state index is 12.7. The number of H-pyrrole nitrogens is 1. The van der Waals surface area contributed by atoms with Gasteiger partial charge in [-0.1, -0.05) is 54.6 Å². The third-order valence-corrected chi connectivity index (χ3v) is 6.28. The molecule has 0 saturated carbocycles. The minimum Gasteiger partial charge on any atom is -0.423 e. The van der Waals surface area contributed by atoms with Crippen molar-refractivity contribution in [1.29, 1.82) is 0 Å². The number of carbonyl (C=O) groups is 1. The zero-order valence-corrected chi connectivity index (χ0v) is 17.0. The van der Waals surface area contributed by atoms with E-state index in [-0.39, 0.29) is 4.90 Å². The molecule has 1 aromatic heterocycles. The van der Waals surface area contributed by atoms with Crippen molar-refractivity contribution in [3.05, 3.63) is 85.1 Å². The Kier molecular flexibility index (Phi) is 5.39. The van der Waals surface area contributed by atoms with Gasteiger partial charge in [0.25, 0.3) is 0 Å². The summed E-state index contributed by atoms with van der Waals surface area (Å²) in [6.07, 6.45) is 1.58. The third kappa shape index (κ3) is 4.12. The normalized spacial score (nSPS) is 12.6. The van der Waals surface area contributed by atoms with E-state index >= 15 is 0 Å². The number of fused-ring (bicyclic) bond motifs is 1. The van der Waals surface area contributed by atoms with E-state index in [9.17, 15) is 13.2 Å². The average Bonchev–Trinajstić information content (AvgIpc) is 3.17. The molecule has 0 bridgehead atoms. The van der Waals surface area contributed by atoms with E-state index < -0.39 is 22.0 Å². The van der Waals surface area contributed by atoms with Crippen LogP contribution in [0.15, 0.2) is 90.0 Å². The predicted octanol–water partition coefficient (Wildman–Crippen LogP) is 4.11. The summed E-state index contributed by atoms with van der Waals surface area (Å²) in [5.41, 5.74) is 2.72. The van der Waals surface area contributed by atoms with Crippen LogP contribution in [0.3, 0.4) is 0 Å². The number of carbonyl (C=O) groups excluding carboxylic acids is 1. The van der Waals surface area contributed by atoms with Crippen LogP contribution in [0.5, 0.6) is 5.75 Å². The fraction of sp³-hybridized carbons (Fsp3) is 0.0870. The highest BCUT2D eigenvalue weighted by atomic mass is 32.2. The van der Waals surface area contributed by atoms with Gasteiger partial charge in [0, 0.05) is 17.1 Å². The highest BCUT2D eigenvalue weighted by Gasteiger charge is 2.24. The van der Waals surface area contributed by atoms with Crippen LogP contribution in [0.4, 0.5) is 0 Å². The van der Waals surface area contributed by atoms with Gasteiger partial charge in [-0.3, -0.25) is 0 Å². The Balaban J connectivity index is 1.46. The number of esters is 1. The maximum Gasteiger partial charge on any atom is 0.329 e. The van der Waals surface area contributed by atoms with E-state index in [4.69, 9.17) is 4.74 Å². The number of hydrogen-bond acceptors (Lipinski definition) is 4. The molecule has 0 amide bonds. The molecule has 2 N–H and O–H groups in total. The second-order valence-corrected chi connectivity index (χ2v) is 8.57. The van der Waals surface area contributed by atoms with Crippen LogP contribution in [-0.4, -0.2) is 25.4 Å². The molecule has 1 atom stereocenters. The fourth-order valence-electron chi connectivity index (χ4n) is 3.13. The molecule has 3 aromatic carbocycles. The summed E-state index contributed by atoms with van der Waals surface area (Å²) in [7, 11) is -3.88. The Morgan fingerprint density at radius 2 is 1.53 bits per heavy atom. The molecular weight excluding hydrogens is 400 g/mol. The van der Waals surface area contributed by atoms with Crippen LogP contribution in [0.2, 0.25) is 0 Å². The van der Waals surface area contributed by atoms with E-state index in [1.807, 2.05) is 54.6 Å². The number of sulfonamides is 1. The molecule has 0 aliphatic carbocycles. The second-order valence-electron chi connectivity index (χ2n) is 6.85. The Labute approximate surface area is 174 Å². The molecule has 1 heterocycles. The fourth-order valence-corrected chi connectivity index (χ4v) is 4.32. The molecule has 6 nitrogen and oxygen atoms in total. The lowest BCUT2D eigenvalue weighted by Gasteiger charge is -2.13. The Bertz CT molecular complexity index is 1280. The summed E-state index contributed by atoms with van der Waals surface area (Å²) in [5.74, 6) is -0.335. The molecule has 4 rings (SSSR count). The molecule has 152 valence electrons. The Hall–Kier alpha value is -3.42. The van der Waals surface area contributed by atoms with Crippen LogP contribution in [0.1, 0.15) is 6.92 Å². The number of benzene rings is 3. The molecule has 1 unspecified atom stereocenters. The van der Waals surface area contributed by atoms with Crippen molar-refractivity contribution in [2.24, 2.45) is 0 Å². The standard InChI is InChI=1S/C23H20N2O4S/c1-16(23(26)29-22-15-24-21-10-6-5-9-20(21)22)25-30(27,28)19-13-11-18(12-14-19)17-7-3-2-4-8-17/h2-16,24-25H,1H3. The van der Waals surface area contributed by atoms with Gasteiger partial charge in [-0.25, -0.2) is 13.2 Å². The van der Waals surface area contributed by atoms with Crippen LogP contribution in [0, 0.1) is 0 Å². The first-order valence-corrected chi connectivity index (χ1v) is 10.9. The van der Waals surface area contributed by atoms with Crippen molar-refractivity contribution in [2.75, 3.05) is 0 Å². The minimum atomic E-state index is -3.88. The molecule has 0 aliphatic rings. The molecular formula is C23H20N2O4S. The predicted molar refractivity (Wildman–Crippen MR) is 116 cm³/mol. The SMILES string of the molecule is CC(NS(=O)(=O)c1ccc(-c2ccccc2)cc1)C(=O)Oc1c[nH]c2ccccc12. The smallest absolute Gasteiger partial charge is 0.329 e. The molecule has 0 radical (unpaired) electrons. The first-order valence-electron chi connectivity index (χ1n) is 9.40. The van der Waals surface area contributed by atoms with E-state index in [2.05, 4.69) is 9.71 Å². The topological polar surface area (TPSA) is 88.3 Å². The molecule has 4 aromatic rings. The Morgan fingerprint density at radius 3 is 2.27 bits per heavy atom. The van der Waals surface area contributed by atoms with Gasteiger partial charge in [0.2, 0.25) is 10.0 Å². The second kappa shape index (κ2) is 8.14. The highest BCUT2D eigenvalue weighted by Crippen LogP contribution is 2.25. The van der Waals surface area contributed by atoms with Crippen LogP contribution >= 0.6 is 0 Å².